The summed E-state index contributed by atoms with van der Waals surface area (Å²) in [6.45, 7) is 2.10. The number of ether oxygens (including phenoxy) is 1. The highest BCUT2D eigenvalue weighted by atomic mass is 79.9. The van der Waals surface area contributed by atoms with Crippen LogP contribution in [-0.2, 0) is 0 Å². The fourth-order valence-corrected chi connectivity index (χ4v) is 3.35. The van der Waals surface area contributed by atoms with Crippen molar-refractivity contribution in [2.75, 3.05) is 6.54 Å². The zero-order chi connectivity index (χ0) is 22.1. The maximum atomic E-state index is 12.5. The molecule has 2 aromatic heterocycles. The molecule has 0 aliphatic carbocycles. The van der Waals surface area contributed by atoms with Gasteiger partial charge in [0.05, 0.1) is 0 Å². The molecule has 0 spiro atoms. The van der Waals surface area contributed by atoms with Crippen molar-refractivity contribution in [2.45, 2.75) is 6.92 Å². The second kappa shape index (κ2) is 8.19. The molecule has 31 heavy (non-hydrogen) atoms. The third-order valence-corrected chi connectivity index (χ3v) is 4.91. The molecule has 0 fully saturated rings. The van der Waals surface area contributed by atoms with E-state index in [1.807, 2.05) is 0 Å². The third kappa shape index (κ3) is 4.13. The average molecular weight is 484 g/mol. The monoisotopic (exact) mass is 483 g/mol. The molecule has 156 valence electrons. The van der Waals surface area contributed by atoms with Gasteiger partial charge < -0.3 is 18.9 Å². The number of hydrogen-bond donors (Lipinski definition) is 1. The van der Waals surface area contributed by atoms with Crippen molar-refractivity contribution in [2.24, 2.45) is 0 Å². The van der Waals surface area contributed by atoms with Crippen LogP contribution in [0.2, 0.25) is 0 Å². The van der Waals surface area contributed by atoms with Gasteiger partial charge in [-0.2, -0.15) is 0 Å². The number of carbonyl (C=O) groups excluding carboxylic acids is 2. The van der Waals surface area contributed by atoms with Crippen LogP contribution >= 0.6 is 15.9 Å². The molecule has 2 heterocycles. The van der Waals surface area contributed by atoms with Gasteiger partial charge in [0, 0.05) is 27.9 Å². The Hall–Kier alpha value is -3.72. The minimum absolute atomic E-state index is 0.0557. The first-order chi connectivity index (χ1) is 14.9. The van der Waals surface area contributed by atoms with Crippen LogP contribution in [-0.4, -0.2) is 18.4 Å². The molecule has 0 saturated heterocycles. The zero-order valence-electron chi connectivity index (χ0n) is 16.1. The van der Waals surface area contributed by atoms with Gasteiger partial charge in [-0.25, -0.2) is 14.4 Å². The molecule has 4 aromatic rings. The first kappa shape index (κ1) is 20.5. The maximum absolute atomic E-state index is 12.5. The lowest BCUT2D eigenvalue weighted by Gasteiger charge is -2.06. The van der Waals surface area contributed by atoms with Gasteiger partial charge >= 0.3 is 17.2 Å². The number of fused-ring (bicyclic) bond motifs is 2. The molecule has 1 N–H and O–H groups in total. The lowest BCUT2D eigenvalue weighted by molar-refractivity contribution is 0.0730. The Morgan fingerprint density at radius 1 is 0.903 bits per heavy atom. The van der Waals surface area contributed by atoms with E-state index < -0.39 is 23.1 Å². The van der Waals surface area contributed by atoms with E-state index in [1.165, 1.54) is 30.3 Å². The molecule has 0 unspecified atom stereocenters. The highest BCUT2D eigenvalue weighted by Gasteiger charge is 2.18. The zero-order valence-corrected chi connectivity index (χ0v) is 17.6. The van der Waals surface area contributed by atoms with Crippen LogP contribution in [0.1, 0.15) is 27.6 Å². The van der Waals surface area contributed by atoms with Crippen molar-refractivity contribution in [1.29, 1.82) is 0 Å². The quantitative estimate of drug-likeness (QED) is 0.267. The van der Waals surface area contributed by atoms with Gasteiger partial charge in [-0.1, -0.05) is 15.9 Å². The van der Waals surface area contributed by atoms with Crippen LogP contribution < -0.4 is 21.3 Å². The van der Waals surface area contributed by atoms with Gasteiger partial charge in [0.25, 0.3) is 5.91 Å². The van der Waals surface area contributed by atoms with Gasteiger partial charge in [-0.15, -0.1) is 0 Å². The van der Waals surface area contributed by atoms with Crippen molar-refractivity contribution < 1.29 is 23.2 Å². The molecule has 0 atom stereocenters. The smallest absolute Gasteiger partial charge is 0.351 e. The van der Waals surface area contributed by atoms with Crippen LogP contribution in [0.15, 0.2) is 71.4 Å². The number of hydrogen-bond acceptors (Lipinski definition) is 7. The SMILES string of the molecule is CCNC(=O)c1cc2ccc(OC(=O)c3cc4cc(Br)ccc4oc3=O)cc2oc1=O. The van der Waals surface area contributed by atoms with E-state index >= 15 is 0 Å². The summed E-state index contributed by atoms with van der Waals surface area (Å²) < 4.78 is 16.4. The maximum Gasteiger partial charge on any atom is 0.351 e. The number of esters is 1. The second-order valence-corrected chi connectivity index (χ2v) is 7.44. The molecule has 9 heteroatoms. The average Bonchev–Trinajstić information content (AvgIpc) is 2.73. The Morgan fingerprint density at radius 2 is 1.61 bits per heavy atom. The van der Waals surface area contributed by atoms with Crippen molar-refractivity contribution in [3.63, 3.8) is 0 Å². The summed E-state index contributed by atoms with van der Waals surface area (Å²) in [5, 5.41) is 3.55. The Labute approximate surface area is 182 Å². The van der Waals surface area contributed by atoms with E-state index in [0.717, 1.165) is 4.47 Å². The van der Waals surface area contributed by atoms with Crippen LogP contribution in [0.5, 0.6) is 5.75 Å². The first-order valence-electron chi connectivity index (χ1n) is 9.17. The third-order valence-electron chi connectivity index (χ3n) is 4.41. The highest BCUT2D eigenvalue weighted by molar-refractivity contribution is 9.10. The van der Waals surface area contributed by atoms with Gasteiger partial charge in [-0.05, 0) is 49.4 Å². The standard InChI is InChI=1S/C22H14BrNO7/c1-2-24-19(25)15-8-11-3-5-14(10-18(11)31-20(15)26)29-21(27)16-9-12-7-13(23)4-6-17(12)30-22(16)28/h3-10H,2H2,1H3,(H,24,25). The van der Waals surface area contributed by atoms with Crippen molar-refractivity contribution in [3.8, 4) is 5.75 Å². The molecule has 1 amide bonds. The van der Waals surface area contributed by atoms with E-state index in [0.29, 0.717) is 22.9 Å². The molecule has 0 saturated carbocycles. The first-order valence-corrected chi connectivity index (χ1v) is 9.96. The normalized spacial score (nSPS) is 10.9. The Balaban J connectivity index is 1.66. The van der Waals surface area contributed by atoms with E-state index in [-0.39, 0.29) is 22.5 Å². The van der Waals surface area contributed by atoms with Crippen LogP contribution in [0, 0.1) is 0 Å². The van der Waals surface area contributed by atoms with Gasteiger partial charge in [0.2, 0.25) is 0 Å². The molecule has 8 nitrogen and oxygen atoms in total. The van der Waals surface area contributed by atoms with E-state index in [4.69, 9.17) is 13.6 Å². The molecule has 0 aliphatic rings. The lowest BCUT2D eigenvalue weighted by Crippen LogP contribution is -2.27. The predicted octanol–water partition coefficient (Wildman–Crippen LogP) is 3.63. The van der Waals surface area contributed by atoms with Gasteiger partial charge in [0.15, 0.2) is 0 Å². The highest BCUT2D eigenvalue weighted by Crippen LogP contribution is 2.23. The largest absolute Gasteiger partial charge is 0.423 e. The number of amides is 1. The molecule has 4 rings (SSSR count). The number of benzene rings is 2. The fourth-order valence-electron chi connectivity index (χ4n) is 2.97. The Kier molecular flexibility index (Phi) is 5.43. The minimum atomic E-state index is -0.920. The molecular weight excluding hydrogens is 470 g/mol. The Morgan fingerprint density at radius 3 is 2.39 bits per heavy atom. The minimum Gasteiger partial charge on any atom is -0.423 e. The molecular formula is C22H14BrNO7. The molecule has 0 aliphatic heterocycles. The van der Waals surface area contributed by atoms with Crippen molar-refractivity contribution in [3.05, 3.63) is 85.0 Å². The van der Waals surface area contributed by atoms with Gasteiger partial charge in [-0.3, -0.25) is 4.79 Å². The predicted molar refractivity (Wildman–Crippen MR) is 116 cm³/mol. The summed E-state index contributed by atoms with van der Waals surface area (Å²) in [6.07, 6.45) is 0. The van der Waals surface area contributed by atoms with Crippen LogP contribution in [0.3, 0.4) is 0 Å². The molecule has 0 bridgehead atoms. The number of carbonyl (C=O) groups is 2. The number of nitrogens with one attached hydrogen (secondary N) is 1. The van der Waals surface area contributed by atoms with Crippen LogP contribution in [0.25, 0.3) is 21.9 Å². The molecule has 0 radical (unpaired) electrons. The summed E-state index contributed by atoms with van der Waals surface area (Å²) in [5.74, 6) is -1.40. The fraction of sp³-hybridized carbons (Fsp3) is 0.0909. The van der Waals surface area contributed by atoms with E-state index in [1.54, 1.807) is 25.1 Å². The summed E-state index contributed by atoms with van der Waals surface area (Å²) in [6, 6.07) is 12.1. The summed E-state index contributed by atoms with van der Waals surface area (Å²) in [5.41, 5.74) is -1.60. The number of halogens is 1. The second-order valence-electron chi connectivity index (χ2n) is 6.53. The summed E-state index contributed by atoms with van der Waals surface area (Å²) in [4.78, 5) is 48.8. The van der Waals surface area contributed by atoms with Gasteiger partial charge in [0.1, 0.15) is 28.0 Å². The van der Waals surface area contributed by atoms with E-state index in [2.05, 4.69) is 21.2 Å². The lowest BCUT2D eigenvalue weighted by atomic mass is 10.1. The van der Waals surface area contributed by atoms with E-state index in [9.17, 15) is 19.2 Å². The topological polar surface area (TPSA) is 116 Å². The van der Waals surface area contributed by atoms with Crippen molar-refractivity contribution in [1.82, 2.24) is 5.32 Å². The Bertz CT molecular complexity index is 1470. The van der Waals surface area contributed by atoms with Crippen molar-refractivity contribution >= 4 is 49.7 Å². The summed E-state index contributed by atoms with van der Waals surface area (Å²) in [7, 11) is 0. The molecule has 2 aromatic carbocycles. The summed E-state index contributed by atoms with van der Waals surface area (Å²) >= 11 is 3.32. The number of rotatable bonds is 4. The van der Waals surface area contributed by atoms with Crippen LogP contribution in [0.4, 0.5) is 0 Å².